The molecule has 0 amide bonds. The van der Waals surface area contributed by atoms with Crippen molar-refractivity contribution in [3.63, 3.8) is 0 Å². The molecule has 0 saturated heterocycles. The highest BCUT2D eigenvalue weighted by molar-refractivity contribution is 6.30. The third-order valence-corrected chi connectivity index (χ3v) is 4.03. The number of nitrogens with zero attached hydrogens (tertiary/aromatic N) is 4. The van der Waals surface area contributed by atoms with Crippen molar-refractivity contribution in [3.8, 4) is 5.69 Å². The fourth-order valence-corrected chi connectivity index (χ4v) is 2.62. The average molecular weight is 416 g/mol. The number of benzene rings is 1. The molecular weight excluding hydrogens is 398 g/mol. The van der Waals surface area contributed by atoms with Crippen molar-refractivity contribution in [2.24, 2.45) is 0 Å². The van der Waals surface area contributed by atoms with Crippen LogP contribution in [0.2, 0.25) is 5.02 Å². The lowest BCUT2D eigenvalue weighted by atomic mass is 10.3. The molecule has 0 radical (unpaired) electrons. The van der Waals surface area contributed by atoms with Gasteiger partial charge in [-0.25, -0.2) is 24.2 Å². The molecule has 1 aromatic carbocycles. The van der Waals surface area contributed by atoms with Gasteiger partial charge in [0.1, 0.15) is 12.1 Å². The van der Waals surface area contributed by atoms with Gasteiger partial charge in [0.05, 0.1) is 30.5 Å². The Kier molecular flexibility index (Phi) is 6.40. The van der Waals surface area contributed by atoms with Gasteiger partial charge < -0.3 is 14.8 Å². The molecule has 0 aliphatic rings. The number of aromatic nitrogens is 4. The molecule has 0 spiro atoms. The second kappa shape index (κ2) is 9.16. The van der Waals surface area contributed by atoms with Crippen LogP contribution in [0.1, 0.15) is 13.8 Å². The summed E-state index contributed by atoms with van der Waals surface area (Å²) in [6.07, 6.45) is 4.13. The van der Waals surface area contributed by atoms with Gasteiger partial charge in [0.15, 0.2) is 11.2 Å². The van der Waals surface area contributed by atoms with Gasteiger partial charge in [0.2, 0.25) is 0 Å². The lowest BCUT2D eigenvalue weighted by Gasteiger charge is -2.08. The fourth-order valence-electron chi connectivity index (χ4n) is 2.49. The lowest BCUT2D eigenvalue weighted by Crippen LogP contribution is -2.19. The number of ether oxygens (including phenoxy) is 2. The van der Waals surface area contributed by atoms with Gasteiger partial charge in [-0.3, -0.25) is 0 Å². The Labute approximate surface area is 171 Å². The standard InChI is InChI=1S/C19H18ClN5O4/c1-3-28-18(26)15(19(27)29-4-2)9-21-16-14-10-24-25(17(14)23-11-22-16)13-7-5-12(20)6-8-13/h5-11H,3-4H2,1-2H3,(H,21,22,23). The van der Waals surface area contributed by atoms with Crippen LogP contribution in [0.25, 0.3) is 16.7 Å². The van der Waals surface area contributed by atoms with E-state index in [2.05, 4.69) is 20.4 Å². The minimum absolute atomic E-state index is 0.126. The number of hydrogen-bond donors (Lipinski definition) is 1. The van der Waals surface area contributed by atoms with E-state index in [-0.39, 0.29) is 18.8 Å². The number of nitrogens with one attached hydrogen (secondary N) is 1. The Morgan fingerprint density at radius 1 is 1.10 bits per heavy atom. The molecule has 10 heteroatoms. The number of anilines is 1. The molecule has 29 heavy (non-hydrogen) atoms. The van der Waals surface area contributed by atoms with E-state index in [0.29, 0.717) is 21.9 Å². The van der Waals surface area contributed by atoms with Crippen LogP contribution in [0.5, 0.6) is 0 Å². The third-order valence-electron chi connectivity index (χ3n) is 3.78. The number of hydrogen-bond acceptors (Lipinski definition) is 8. The quantitative estimate of drug-likeness (QED) is 0.271. The van der Waals surface area contributed by atoms with Crippen molar-refractivity contribution in [2.45, 2.75) is 13.8 Å². The van der Waals surface area contributed by atoms with Crippen molar-refractivity contribution in [2.75, 3.05) is 18.5 Å². The van der Waals surface area contributed by atoms with Crippen LogP contribution < -0.4 is 5.32 Å². The minimum Gasteiger partial charge on any atom is -0.462 e. The number of rotatable bonds is 7. The van der Waals surface area contributed by atoms with Crippen molar-refractivity contribution in [3.05, 3.63) is 53.6 Å². The van der Waals surface area contributed by atoms with Crippen molar-refractivity contribution in [1.82, 2.24) is 19.7 Å². The highest BCUT2D eigenvalue weighted by Crippen LogP contribution is 2.22. The first-order valence-electron chi connectivity index (χ1n) is 8.80. The SMILES string of the molecule is CCOC(=O)C(=CNc1ncnc2c1cnn2-c1ccc(Cl)cc1)C(=O)OCC. The van der Waals surface area contributed by atoms with Crippen LogP contribution in [0, 0.1) is 0 Å². The van der Waals surface area contributed by atoms with Crippen LogP contribution >= 0.6 is 11.6 Å². The van der Waals surface area contributed by atoms with Crippen molar-refractivity contribution >= 4 is 40.4 Å². The smallest absolute Gasteiger partial charge is 0.347 e. The predicted octanol–water partition coefficient (Wildman–Crippen LogP) is 2.89. The Balaban J connectivity index is 1.95. The van der Waals surface area contributed by atoms with Crippen LogP contribution in [0.15, 0.2) is 48.6 Å². The Hall–Kier alpha value is -3.46. The van der Waals surface area contributed by atoms with E-state index in [0.717, 1.165) is 5.69 Å². The molecule has 9 nitrogen and oxygen atoms in total. The van der Waals surface area contributed by atoms with Gasteiger partial charge in [0.25, 0.3) is 0 Å². The number of esters is 2. The Morgan fingerprint density at radius 3 is 2.38 bits per heavy atom. The van der Waals surface area contributed by atoms with E-state index in [1.165, 1.54) is 12.5 Å². The molecule has 3 rings (SSSR count). The lowest BCUT2D eigenvalue weighted by molar-refractivity contribution is -0.146. The molecule has 0 unspecified atom stereocenters. The molecule has 3 aromatic rings. The largest absolute Gasteiger partial charge is 0.462 e. The minimum atomic E-state index is -0.791. The summed E-state index contributed by atoms with van der Waals surface area (Å²) in [5, 5.41) is 8.39. The van der Waals surface area contributed by atoms with Crippen LogP contribution in [0.4, 0.5) is 5.82 Å². The van der Waals surface area contributed by atoms with Gasteiger partial charge in [-0.15, -0.1) is 0 Å². The van der Waals surface area contributed by atoms with Crippen molar-refractivity contribution < 1.29 is 19.1 Å². The maximum Gasteiger partial charge on any atom is 0.347 e. The van der Waals surface area contributed by atoms with E-state index in [1.807, 2.05) is 12.1 Å². The molecule has 0 fully saturated rings. The fraction of sp³-hybridized carbons (Fsp3) is 0.211. The summed E-state index contributed by atoms with van der Waals surface area (Å²) in [4.78, 5) is 32.6. The summed E-state index contributed by atoms with van der Waals surface area (Å²) in [6, 6.07) is 7.11. The molecule has 0 atom stereocenters. The van der Waals surface area contributed by atoms with E-state index < -0.39 is 11.9 Å². The van der Waals surface area contributed by atoms with Gasteiger partial charge >= 0.3 is 11.9 Å². The summed E-state index contributed by atoms with van der Waals surface area (Å²) in [7, 11) is 0. The maximum absolute atomic E-state index is 12.1. The third kappa shape index (κ3) is 4.52. The maximum atomic E-state index is 12.1. The molecule has 0 aliphatic heterocycles. The normalized spacial score (nSPS) is 10.4. The van der Waals surface area contributed by atoms with E-state index >= 15 is 0 Å². The monoisotopic (exact) mass is 415 g/mol. The number of carbonyl (C=O) groups excluding carboxylic acids is 2. The summed E-state index contributed by atoms with van der Waals surface area (Å²) >= 11 is 5.94. The molecule has 0 aliphatic carbocycles. The van der Waals surface area contributed by atoms with Gasteiger partial charge in [0, 0.05) is 11.2 Å². The highest BCUT2D eigenvalue weighted by atomic mass is 35.5. The van der Waals surface area contributed by atoms with Gasteiger partial charge in [-0.05, 0) is 38.1 Å². The molecule has 1 N–H and O–H groups in total. The second-order valence-electron chi connectivity index (χ2n) is 5.64. The first-order valence-corrected chi connectivity index (χ1v) is 9.18. The van der Waals surface area contributed by atoms with Crippen LogP contribution in [-0.2, 0) is 19.1 Å². The number of fused-ring (bicyclic) bond motifs is 1. The zero-order chi connectivity index (χ0) is 20.8. The topological polar surface area (TPSA) is 108 Å². The zero-order valence-electron chi connectivity index (χ0n) is 15.8. The summed E-state index contributed by atoms with van der Waals surface area (Å²) in [5.41, 5.74) is 1.03. The van der Waals surface area contributed by atoms with E-state index in [1.54, 1.807) is 36.9 Å². The molecule has 2 heterocycles. The summed E-state index contributed by atoms with van der Waals surface area (Å²) in [6.45, 7) is 3.54. The first-order chi connectivity index (χ1) is 14.0. The second-order valence-corrected chi connectivity index (χ2v) is 6.07. The van der Waals surface area contributed by atoms with E-state index in [9.17, 15) is 9.59 Å². The summed E-state index contributed by atoms with van der Waals surface area (Å²) in [5.74, 6) is -1.22. The van der Waals surface area contributed by atoms with Crippen molar-refractivity contribution in [1.29, 1.82) is 0 Å². The molecule has 0 saturated carbocycles. The van der Waals surface area contributed by atoms with E-state index in [4.69, 9.17) is 21.1 Å². The number of carbonyl (C=O) groups is 2. The Bertz CT molecular complexity index is 1040. The van der Waals surface area contributed by atoms with Crippen LogP contribution in [0.3, 0.4) is 0 Å². The molecule has 2 aromatic heterocycles. The van der Waals surface area contributed by atoms with Gasteiger partial charge in [-0.1, -0.05) is 11.6 Å². The number of halogens is 1. The van der Waals surface area contributed by atoms with Gasteiger partial charge in [-0.2, -0.15) is 5.10 Å². The molecular formula is C19H18ClN5O4. The Morgan fingerprint density at radius 2 is 1.76 bits per heavy atom. The highest BCUT2D eigenvalue weighted by Gasteiger charge is 2.21. The average Bonchev–Trinajstić information content (AvgIpc) is 3.14. The predicted molar refractivity (Wildman–Crippen MR) is 107 cm³/mol. The van der Waals surface area contributed by atoms with Crippen LogP contribution in [-0.4, -0.2) is 44.9 Å². The summed E-state index contributed by atoms with van der Waals surface area (Å²) < 4.78 is 11.4. The molecule has 150 valence electrons. The molecule has 0 bridgehead atoms. The first kappa shape index (κ1) is 20.3. The zero-order valence-corrected chi connectivity index (χ0v) is 16.5.